The van der Waals surface area contributed by atoms with E-state index in [4.69, 9.17) is 4.74 Å². The maximum absolute atomic E-state index is 11.6. The summed E-state index contributed by atoms with van der Waals surface area (Å²) in [6, 6.07) is 6.95. The van der Waals surface area contributed by atoms with E-state index in [0.717, 1.165) is 5.56 Å². The van der Waals surface area contributed by atoms with E-state index < -0.39 is 12.1 Å². The first-order chi connectivity index (χ1) is 8.13. The molecule has 4 nitrogen and oxygen atoms in total. The quantitative estimate of drug-likeness (QED) is 0.804. The van der Waals surface area contributed by atoms with Crippen molar-refractivity contribution in [1.82, 2.24) is 4.98 Å². The second-order valence-electron chi connectivity index (χ2n) is 3.80. The third-order valence-electron chi connectivity index (χ3n) is 2.65. The predicted octanol–water partition coefficient (Wildman–Crippen LogP) is 2.07. The van der Waals surface area contributed by atoms with Crippen molar-refractivity contribution in [3.05, 3.63) is 41.6 Å². The van der Waals surface area contributed by atoms with Crippen molar-refractivity contribution in [3.8, 4) is 0 Å². The van der Waals surface area contributed by atoms with Crippen LogP contribution in [-0.4, -0.2) is 23.2 Å². The van der Waals surface area contributed by atoms with E-state index in [1.807, 2.05) is 0 Å². The second kappa shape index (κ2) is 4.51. The smallest absolute Gasteiger partial charge is 0.338 e. The summed E-state index contributed by atoms with van der Waals surface area (Å²) in [5.41, 5.74) is 1.91. The Bertz CT molecular complexity index is 564. The van der Waals surface area contributed by atoms with Gasteiger partial charge in [0.2, 0.25) is 0 Å². The van der Waals surface area contributed by atoms with Gasteiger partial charge in [0.1, 0.15) is 0 Å². The van der Waals surface area contributed by atoms with Gasteiger partial charge in [0.25, 0.3) is 0 Å². The van der Waals surface area contributed by atoms with Crippen LogP contribution in [0.3, 0.4) is 0 Å². The highest BCUT2D eigenvalue weighted by molar-refractivity contribution is 6.03. The number of aromatic nitrogens is 1. The molecule has 4 heteroatoms. The van der Waals surface area contributed by atoms with Gasteiger partial charge >= 0.3 is 5.97 Å². The molecule has 0 amide bonds. The predicted molar refractivity (Wildman–Crippen MR) is 63.7 cm³/mol. The van der Waals surface area contributed by atoms with Crippen molar-refractivity contribution >= 4 is 16.9 Å². The Morgan fingerprint density at radius 2 is 2.18 bits per heavy atom. The SMILES string of the molecule is COC(=O)c1ccnc2ccc(C(C)O)cc12. The van der Waals surface area contributed by atoms with Crippen LogP contribution in [0.5, 0.6) is 0 Å². The van der Waals surface area contributed by atoms with E-state index in [-0.39, 0.29) is 0 Å². The van der Waals surface area contributed by atoms with Crippen molar-refractivity contribution in [2.24, 2.45) is 0 Å². The molecule has 2 rings (SSSR count). The van der Waals surface area contributed by atoms with Gasteiger partial charge in [-0.25, -0.2) is 4.79 Å². The summed E-state index contributed by atoms with van der Waals surface area (Å²) in [5, 5.41) is 10.2. The minimum atomic E-state index is -0.579. The molecule has 0 saturated carbocycles. The lowest BCUT2D eigenvalue weighted by Gasteiger charge is -2.08. The number of benzene rings is 1. The fraction of sp³-hybridized carbons (Fsp3) is 0.231. The topological polar surface area (TPSA) is 59.4 Å². The number of aliphatic hydroxyl groups is 1. The fourth-order valence-corrected chi connectivity index (χ4v) is 1.71. The van der Waals surface area contributed by atoms with Crippen LogP contribution in [0.2, 0.25) is 0 Å². The molecule has 0 aliphatic heterocycles. The average molecular weight is 231 g/mol. The number of hydrogen-bond acceptors (Lipinski definition) is 4. The third kappa shape index (κ3) is 2.12. The van der Waals surface area contributed by atoms with Crippen LogP contribution in [0, 0.1) is 0 Å². The zero-order valence-electron chi connectivity index (χ0n) is 9.68. The number of rotatable bonds is 2. The molecule has 0 aliphatic carbocycles. The summed E-state index contributed by atoms with van der Waals surface area (Å²) in [6.07, 6.45) is 0.987. The highest BCUT2D eigenvalue weighted by Gasteiger charge is 2.12. The van der Waals surface area contributed by atoms with Gasteiger partial charge in [-0.1, -0.05) is 6.07 Å². The number of pyridine rings is 1. The zero-order chi connectivity index (χ0) is 12.4. The van der Waals surface area contributed by atoms with Gasteiger partial charge in [-0.05, 0) is 30.7 Å². The van der Waals surface area contributed by atoms with Crippen LogP contribution in [-0.2, 0) is 4.74 Å². The number of nitrogens with zero attached hydrogens (tertiary/aromatic N) is 1. The number of methoxy groups -OCH3 is 1. The lowest BCUT2D eigenvalue weighted by atomic mass is 10.0. The molecule has 0 saturated heterocycles. The Morgan fingerprint density at radius 1 is 1.41 bits per heavy atom. The molecule has 88 valence electrons. The Balaban J connectivity index is 2.68. The molecule has 0 bridgehead atoms. The number of carbonyl (C=O) groups excluding carboxylic acids is 1. The molecular weight excluding hydrogens is 218 g/mol. The van der Waals surface area contributed by atoms with Gasteiger partial charge in [-0.15, -0.1) is 0 Å². The molecule has 2 aromatic rings. The lowest BCUT2D eigenvalue weighted by Crippen LogP contribution is -2.03. The van der Waals surface area contributed by atoms with Gasteiger partial charge in [0, 0.05) is 11.6 Å². The molecule has 1 unspecified atom stereocenters. The van der Waals surface area contributed by atoms with E-state index in [0.29, 0.717) is 16.5 Å². The lowest BCUT2D eigenvalue weighted by molar-refractivity contribution is 0.0603. The number of fused-ring (bicyclic) bond motifs is 1. The Kier molecular flexibility index (Phi) is 3.06. The van der Waals surface area contributed by atoms with Crippen LogP contribution in [0.15, 0.2) is 30.5 Å². The first-order valence-corrected chi connectivity index (χ1v) is 5.28. The number of hydrogen-bond donors (Lipinski definition) is 1. The third-order valence-corrected chi connectivity index (χ3v) is 2.65. The largest absolute Gasteiger partial charge is 0.465 e. The van der Waals surface area contributed by atoms with E-state index in [1.165, 1.54) is 7.11 Å². The summed E-state index contributed by atoms with van der Waals surface area (Å²) >= 11 is 0. The molecule has 1 atom stereocenters. The van der Waals surface area contributed by atoms with E-state index in [9.17, 15) is 9.90 Å². The standard InChI is InChI=1S/C13H13NO3/c1-8(15)9-3-4-12-11(7-9)10(5-6-14-12)13(16)17-2/h3-8,15H,1-2H3. The van der Waals surface area contributed by atoms with Crippen LogP contribution in [0.4, 0.5) is 0 Å². The van der Waals surface area contributed by atoms with Crippen molar-refractivity contribution in [3.63, 3.8) is 0 Å². The van der Waals surface area contributed by atoms with Crippen LogP contribution in [0.25, 0.3) is 10.9 Å². The minimum absolute atomic E-state index is 0.403. The molecule has 0 fully saturated rings. The van der Waals surface area contributed by atoms with Gasteiger partial charge < -0.3 is 9.84 Å². The van der Waals surface area contributed by atoms with Crippen LogP contribution in [0.1, 0.15) is 28.9 Å². The molecule has 1 aromatic carbocycles. The van der Waals surface area contributed by atoms with E-state index >= 15 is 0 Å². The van der Waals surface area contributed by atoms with E-state index in [2.05, 4.69) is 4.98 Å². The number of esters is 1. The summed E-state index contributed by atoms with van der Waals surface area (Å²) in [4.78, 5) is 15.8. The van der Waals surface area contributed by atoms with Gasteiger partial charge in [-0.2, -0.15) is 0 Å². The first kappa shape index (κ1) is 11.5. The number of carbonyl (C=O) groups is 1. The number of aliphatic hydroxyl groups excluding tert-OH is 1. The van der Waals surface area contributed by atoms with Crippen molar-refractivity contribution in [1.29, 1.82) is 0 Å². The molecule has 0 radical (unpaired) electrons. The Hall–Kier alpha value is -1.94. The summed E-state index contributed by atoms with van der Waals surface area (Å²) in [6.45, 7) is 1.68. The Morgan fingerprint density at radius 3 is 2.82 bits per heavy atom. The molecule has 1 aromatic heterocycles. The molecule has 1 N–H and O–H groups in total. The van der Waals surface area contributed by atoms with Gasteiger partial charge in [0.15, 0.2) is 0 Å². The molecule has 0 aliphatic rings. The highest BCUT2D eigenvalue weighted by Crippen LogP contribution is 2.22. The summed E-state index contributed by atoms with van der Waals surface area (Å²) in [7, 11) is 1.34. The van der Waals surface area contributed by atoms with Crippen LogP contribution >= 0.6 is 0 Å². The van der Waals surface area contributed by atoms with Crippen molar-refractivity contribution in [2.75, 3.05) is 7.11 Å². The Labute approximate surface area is 98.9 Å². The monoisotopic (exact) mass is 231 g/mol. The highest BCUT2D eigenvalue weighted by atomic mass is 16.5. The van der Waals surface area contributed by atoms with Gasteiger partial charge in [0.05, 0.1) is 24.3 Å². The van der Waals surface area contributed by atoms with Crippen molar-refractivity contribution in [2.45, 2.75) is 13.0 Å². The average Bonchev–Trinajstić information content (AvgIpc) is 2.36. The fourth-order valence-electron chi connectivity index (χ4n) is 1.71. The molecule has 0 spiro atoms. The number of ether oxygens (including phenoxy) is 1. The molecule has 1 heterocycles. The summed E-state index contributed by atoms with van der Waals surface area (Å²) < 4.78 is 4.72. The first-order valence-electron chi connectivity index (χ1n) is 5.28. The maximum atomic E-state index is 11.6. The van der Waals surface area contributed by atoms with Crippen LogP contribution < -0.4 is 0 Å². The maximum Gasteiger partial charge on any atom is 0.338 e. The normalized spacial score (nSPS) is 12.4. The van der Waals surface area contributed by atoms with Crippen molar-refractivity contribution < 1.29 is 14.6 Å². The zero-order valence-corrected chi connectivity index (χ0v) is 9.68. The minimum Gasteiger partial charge on any atom is -0.465 e. The van der Waals surface area contributed by atoms with Gasteiger partial charge in [-0.3, -0.25) is 4.98 Å². The van der Waals surface area contributed by atoms with E-state index in [1.54, 1.807) is 37.4 Å². The summed E-state index contributed by atoms with van der Waals surface area (Å²) in [5.74, 6) is -0.403. The molecule has 17 heavy (non-hydrogen) atoms. The second-order valence-corrected chi connectivity index (χ2v) is 3.80. The molecular formula is C13H13NO3.